The second-order valence-electron chi connectivity index (χ2n) is 3.34. The monoisotopic (exact) mass is 224 g/mol. The lowest BCUT2D eigenvalue weighted by Crippen LogP contribution is -2.19. The summed E-state index contributed by atoms with van der Waals surface area (Å²) in [5.74, 6) is 0.599. The minimum absolute atomic E-state index is 0.0136. The first-order valence-electron chi connectivity index (χ1n) is 4.91. The lowest BCUT2D eigenvalue weighted by atomic mass is 10.2. The van der Waals surface area contributed by atoms with Crippen LogP contribution in [-0.2, 0) is 4.74 Å². The first kappa shape index (κ1) is 12.3. The summed E-state index contributed by atoms with van der Waals surface area (Å²) < 4.78 is 10.6. The highest BCUT2D eigenvalue weighted by atomic mass is 16.5. The van der Waals surface area contributed by atoms with Crippen molar-refractivity contribution >= 4 is 5.84 Å². The van der Waals surface area contributed by atoms with Gasteiger partial charge in [-0.1, -0.05) is 17.3 Å². The maximum absolute atomic E-state index is 8.62. The van der Waals surface area contributed by atoms with E-state index >= 15 is 0 Å². The first-order chi connectivity index (χ1) is 7.69. The average Bonchev–Trinajstić information content (AvgIpc) is 2.35. The van der Waals surface area contributed by atoms with E-state index in [9.17, 15) is 0 Å². The second kappa shape index (κ2) is 5.97. The third-order valence-corrected chi connectivity index (χ3v) is 2.15. The number of methoxy groups -OCH3 is 1. The first-order valence-corrected chi connectivity index (χ1v) is 4.91. The van der Waals surface area contributed by atoms with Crippen molar-refractivity contribution < 1.29 is 14.7 Å². The SMILES string of the molecule is COC(C)COc1ccccc1/C(N)=N/O. The molecule has 0 bridgehead atoms. The summed E-state index contributed by atoms with van der Waals surface area (Å²) in [5, 5.41) is 11.6. The summed E-state index contributed by atoms with van der Waals surface area (Å²) in [6.45, 7) is 2.30. The topological polar surface area (TPSA) is 77.1 Å². The molecule has 0 heterocycles. The molecule has 0 aliphatic heterocycles. The molecule has 1 rings (SSSR count). The Bertz CT molecular complexity index is 366. The quantitative estimate of drug-likeness (QED) is 0.341. The average molecular weight is 224 g/mol. The number of amidine groups is 1. The molecule has 88 valence electrons. The van der Waals surface area contributed by atoms with Crippen LogP contribution in [0.15, 0.2) is 29.4 Å². The third-order valence-electron chi connectivity index (χ3n) is 2.15. The van der Waals surface area contributed by atoms with Crippen LogP contribution in [0.25, 0.3) is 0 Å². The highest BCUT2D eigenvalue weighted by Gasteiger charge is 2.08. The molecule has 0 spiro atoms. The zero-order valence-corrected chi connectivity index (χ0v) is 9.38. The van der Waals surface area contributed by atoms with Gasteiger partial charge in [0.1, 0.15) is 12.4 Å². The molecule has 0 radical (unpaired) electrons. The van der Waals surface area contributed by atoms with E-state index in [1.54, 1.807) is 25.3 Å². The molecular formula is C11H16N2O3. The van der Waals surface area contributed by atoms with Gasteiger partial charge in [-0.2, -0.15) is 0 Å². The molecule has 1 aromatic carbocycles. The maximum Gasteiger partial charge on any atom is 0.173 e. The van der Waals surface area contributed by atoms with E-state index in [2.05, 4.69) is 5.16 Å². The molecule has 16 heavy (non-hydrogen) atoms. The number of oxime groups is 1. The molecule has 0 aliphatic rings. The molecule has 5 heteroatoms. The van der Waals surface area contributed by atoms with Gasteiger partial charge in [-0.05, 0) is 19.1 Å². The van der Waals surface area contributed by atoms with Crippen molar-refractivity contribution in [2.24, 2.45) is 10.9 Å². The van der Waals surface area contributed by atoms with E-state index in [4.69, 9.17) is 20.4 Å². The zero-order chi connectivity index (χ0) is 12.0. The summed E-state index contributed by atoms with van der Waals surface area (Å²) in [6.07, 6.45) is -0.0136. The largest absolute Gasteiger partial charge is 0.490 e. The Kier molecular flexibility index (Phi) is 4.60. The van der Waals surface area contributed by atoms with Crippen LogP contribution in [0.3, 0.4) is 0 Å². The van der Waals surface area contributed by atoms with Crippen molar-refractivity contribution in [3.8, 4) is 5.75 Å². The van der Waals surface area contributed by atoms with Gasteiger partial charge in [0.25, 0.3) is 0 Å². The fourth-order valence-electron chi connectivity index (χ4n) is 1.13. The molecule has 3 N–H and O–H groups in total. The molecule has 0 fully saturated rings. The fraction of sp³-hybridized carbons (Fsp3) is 0.364. The van der Waals surface area contributed by atoms with Gasteiger partial charge in [0.05, 0.1) is 11.7 Å². The van der Waals surface area contributed by atoms with E-state index in [1.165, 1.54) is 0 Å². The van der Waals surface area contributed by atoms with E-state index in [0.717, 1.165) is 0 Å². The fourth-order valence-corrected chi connectivity index (χ4v) is 1.13. The summed E-state index contributed by atoms with van der Waals surface area (Å²) in [7, 11) is 1.61. The highest BCUT2D eigenvalue weighted by Crippen LogP contribution is 2.17. The minimum Gasteiger partial charge on any atom is -0.490 e. The van der Waals surface area contributed by atoms with Gasteiger partial charge < -0.3 is 20.4 Å². The molecule has 0 saturated carbocycles. The number of ether oxygens (including phenoxy) is 2. The summed E-state index contributed by atoms with van der Waals surface area (Å²) >= 11 is 0. The van der Waals surface area contributed by atoms with Crippen molar-refractivity contribution in [3.63, 3.8) is 0 Å². The summed E-state index contributed by atoms with van der Waals surface area (Å²) in [4.78, 5) is 0. The summed E-state index contributed by atoms with van der Waals surface area (Å²) in [6, 6.07) is 7.10. The zero-order valence-electron chi connectivity index (χ0n) is 9.38. The Labute approximate surface area is 94.5 Å². The number of nitrogens with two attached hydrogens (primary N) is 1. The summed E-state index contributed by atoms with van der Waals surface area (Å²) in [5.41, 5.74) is 6.09. The number of para-hydroxylation sites is 1. The maximum atomic E-state index is 8.62. The van der Waals surface area contributed by atoms with Crippen molar-refractivity contribution in [3.05, 3.63) is 29.8 Å². The molecule has 0 amide bonds. The predicted octanol–water partition coefficient (Wildman–Crippen LogP) is 1.19. The van der Waals surface area contributed by atoms with Gasteiger partial charge in [-0.15, -0.1) is 0 Å². The number of hydrogen-bond donors (Lipinski definition) is 2. The minimum atomic E-state index is -0.0136. The van der Waals surface area contributed by atoms with Crippen molar-refractivity contribution in [2.75, 3.05) is 13.7 Å². The Morgan fingerprint density at radius 2 is 2.19 bits per heavy atom. The standard InChI is InChI=1S/C11H16N2O3/c1-8(15-2)7-16-10-6-4-3-5-9(10)11(12)13-14/h3-6,8,14H,7H2,1-2H3,(H2,12,13). The van der Waals surface area contributed by atoms with Gasteiger partial charge in [-0.25, -0.2) is 0 Å². The molecular weight excluding hydrogens is 208 g/mol. The number of benzene rings is 1. The second-order valence-corrected chi connectivity index (χ2v) is 3.34. The molecule has 0 saturated heterocycles. The Balaban J connectivity index is 2.79. The lowest BCUT2D eigenvalue weighted by Gasteiger charge is -2.13. The van der Waals surface area contributed by atoms with Crippen molar-refractivity contribution in [1.29, 1.82) is 0 Å². The van der Waals surface area contributed by atoms with Crippen LogP contribution in [0.4, 0.5) is 0 Å². The number of hydrogen-bond acceptors (Lipinski definition) is 4. The molecule has 0 aliphatic carbocycles. The van der Waals surface area contributed by atoms with E-state index < -0.39 is 0 Å². The van der Waals surface area contributed by atoms with Gasteiger partial charge in [0, 0.05) is 7.11 Å². The highest BCUT2D eigenvalue weighted by molar-refractivity contribution is 5.99. The van der Waals surface area contributed by atoms with Crippen LogP contribution in [0.1, 0.15) is 12.5 Å². The van der Waals surface area contributed by atoms with Gasteiger partial charge in [0.2, 0.25) is 0 Å². The Morgan fingerprint density at radius 1 is 1.50 bits per heavy atom. The Morgan fingerprint density at radius 3 is 2.81 bits per heavy atom. The van der Waals surface area contributed by atoms with Gasteiger partial charge in [-0.3, -0.25) is 0 Å². The molecule has 5 nitrogen and oxygen atoms in total. The number of rotatable bonds is 5. The van der Waals surface area contributed by atoms with Crippen LogP contribution in [-0.4, -0.2) is 30.9 Å². The van der Waals surface area contributed by atoms with Crippen LogP contribution in [0.2, 0.25) is 0 Å². The van der Waals surface area contributed by atoms with E-state index in [0.29, 0.717) is 17.9 Å². The van der Waals surface area contributed by atoms with Gasteiger partial charge >= 0.3 is 0 Å². The molecule has 1 unspecified atom stereocenters. The van der Waals surface area contributed by atoms with Crippen molar-refractivity contribution in [2.45, 2.75) is 13.0 Å². The third kappa shape index (κ3) is 3.13. The number of nitrogens with zero attached hydrogens (tertiary/aromatic N) is 1. The van der Waals surface area contributed by atoms with E-state index in [1.807, 2.05) is 13.0 Å². The molecule has 1 atom stereocenters. The van der Waals surface area contributed by atoms with Crippen LogP contribution < -0.4 is 10.5 Å². The van der Waals surface area contributed by atoms with Crippen LogP contribution in [0, 0.1) is 0 Å². The van der Waals surface area contributed by atoms with E-state index in [-0.39, 0.29) is 11.9 Å². The smallest absolute Gasteiger partial charge is 0.173 e. The molecule has 0 aromatic heterocycles. The van der Waals surface area contributed by atoms with Crippen LogP contribution in [0.5, 0.6) is 5.75 Å². The van der Waals surface area contributed by atoms with Crippen molar-refractivity contribution in [1.82, 2.24) is 0 Å². The van der Waals surface area contributed by atoms with Gasteiger partial charge in [0.15, 0.2) is 5.84 Å². The Hall–Kier alpha value is -1.75. The molecule has 1 aromatic rings. The predicted molar refractivity (Wildman–Crippen MR) is 60.9 cm³/mol. The lowest BCUT2D eigenvalue weighted by molar-refractivity contribution is 0.0716. The van der Waals surface area contributed by atoms with Crippen LogP contribution >= 0.6 is 0 Å². The normalized spacial score (nSPS) is 13.5.